The number of hydrogen-bond acceptors (Lipinski definition) is 4. The highest BCUT2D eigenvalue weighted by Crippen LogP contribution is 2.29. The molecule has 0 radical (unpaired) electrons. The minimum Gasteiger partial charge on any atom is -0.323 e. The summed E-state index contributed by atoms with van der Waals surface area (Å²) in [6.45, 7) is 0. The number of rotatable bonds is 0. The molecule has 1 aliphatic carbocycles. The van der Waals surface area contributed by atoms with Gasteiger partial charge in [0.15, 0.2) is 0 Å². The van der Waals surface area contributed by atoms with E-state index in [1.54, 1.807) is 12.4 Å². The van der Waals surface area contributed by atoms with Crippen LogP contribution in [-0.2, 0) is 0 Å². The smallest absolute Gasteiger partial charge is 0.0802 e. The Kier molecular flexibility index (Phi) is 1.78. The number of nitrogens with two attached hydrogens (primary N) is 2. The van der Waals surface area contributed by atoms with E-state index in [2.05, 4.69) is 9.97 Å². The second kappa shape index (κ2) is 2.80. The van der Waals surface area contributed by atoms with Crippen molar-refractivity contribution in [3.05, 3.63) is 23.8 Å². The molecule has 0 aromatic carbocycles. The summed E-state index contributed by atoms with van der Waals surface area (Å²) in [7, 11) is 0. The molecule has 0 saturated carbocycles. The normalized spacial score (nSPS) is 28.2. The minimum absolute atomic E-state index is 0.0218. The van der Waals surface area contributed by atoms with Gasteiger partial charge >= 0.3 is 0 Å². The van der Waals surface area contributed by atoms with Crippen molar-refractivity contribution in [2.45, 2.75) is 24.9 Å². The van der Waals surface area contributed by atoms with Crippen molar-refractivity contribution in [1.82, 2.24) is 9.97 Å². The number of aromatic nitrogens is 2. The Labute approximate surface area is 71.0 Å². The fourth-order valence-corrected chi connectivity index (χ4v) is 1.56. The first-order valence-corrected chi connectivity index (χ1v) is 4.11. The summed E-state index contributed by atoms with van der Waals surface area (Å²) in [5.74, 6) is 0. The van der Waals surface area contributed by atoms with Crippen LogP contribution in [0.3, 0.4) is 0 Å². The molecule has 4 heteroatoms. The van der Waals surface area contributed by atoms with Crippen molar-refractivity contribution in [1.29, 1.82) is 0 Å². The fourth-order valence-electron chi connectivity index (χ4n) is 1.56. The molecule has 0 aliphatic heterocycles. The molecular weight excluding hydrogens is 152 g/mol. The molecule has 4 N–H and O–H groups in total. The van der Waals surface area contributed by atoms with Crippen molar-refractivity contribution >= 4 is 0 Å². The van der Waals surface area contributed by atoms with E-state index >= 15 is 0 Å². The second-order valence-electron chi connectivity index (χ2n) is 3.12. The van der Waals surface area contributed by atoms with Crippen LogP contribution in [0.25, 0.3) is 0 Å². The summed E-state index contributed by atoms with van der Waals surface area (Å²) in [6.07, 6.45) is 5.15. The molecule has 1 aromatic rings. The molecule has 0 saturated heterocycles. The van der Waals surface area contributed by atoms with E-state index in [0.717, 1.165) is 24.2 Å². The van der Waals surface area contributed by atoms with Gasteiger partial charge in [-0.15, -0.1) is 0 Å². The zero-order chi connectivity index (χ0) is 8.55. The lowest BCUT2D eigenvalue weighted by Gasteiger charge is -2.24. The third-order valence-corrected chi connectivity index (χ3v) is 2.25. The van der Waals surface area contributed by atoms with Gasteiger partial charge in [-0.05, 0) is 12.8 Å². The topological polar surface area (TPSA) is 77.8 Å². The van der Waals surface area contributed by atoms with Crippen molar-refractivity contribution in [2.75, 3.05) is 0 Å². The van der Waals surface area contributed by atoms with E-state index in [-0.39, 0.29) is 12.1 Å². The molecular formula is C8H12N4. The summed E-state index contributed by atoms with van der Waals surface area (Å²) in [5.41, 5.74) is 13.4. The van der Waals surface area contributed by atoms with Gasteiger partial charge in [0.25, 0.3) is 0 Å². The molecule has 0 spiro atoms. The zero-order valence-electron chi connectivity index (χ0n) is 6.77. The van der Waals surface area contributed by atoms with Crippen LogP contribution in [0.4, 0.5) is 0 Å². The van der Waals surface area contributed by atoms with Crippen molar-refractivity contribution in [2.24, 2.45) is 11.5 Å². The molecule has 1 heterocycles. The van der Waals surface area contributed by atoms with Crippen LogP contribution >= 0.6 is 0 Å². The summed E-state index contributed by atoms with van der Waals surface area (Å²) in [5, 5.41) is 0. The summed E-state index contributed by atoms with van der Waals surface area (Å²) in [6, 6.07) is 0.0435. The highest BCUT2D eigenvalue weighted by Gasteiger charge is 2.24. The minimum atomic E-state index is 0.0218. The van der Waals surface area contributed by atoms with Crippen LogP contribution in [-0.4, -0.2) is 9.97 Å². The van der Waals surface area contributed by atoms with E-state index in [0.29, 0.717) is 0 Å². The van der Waals surface area contributed by atoms with Gasteiger partial charge < -0.3 is 11.5 Å². The van der Waals surface area contributed by atoms with Crippen molar-refractivity contribution in [3.8, 4) is 0 Å². The molecule has 2 atom stereocenters. The van der Waals surface area contributed by atoms with Gasteiger partial charge in [0, 0.05) is 24.5 Å². The van der Waals surface area contributed by atoms with Crippen molar-refractivity contribution in [3.63, 3.8) is 0 Å². The van der Waals surface area contributed by atoms with Gasteiger partial charge in [-0.3, -0.25) is 9.97 Å². The molecule has 0 bridgehead atoms. The molecule has 0 fully saturated rings. The third kappa shape index (κ3) is 1.09. The first-order chi connectivity index (χ1) is 5.79. The van der Waals surface area contributed by atoms with Crippen LogP contribution in [0.2, 0.25) is 0 Å². The molecule has 2 rings (SSSR count). The van der Waals surface area contributed by atoms with Crippen LogP contribution in [0.5, 0.6) is 0 Å². The van der Waals surface area contributed by atoms with Gasteiger partial charge in [-0.1, -0.05) is 0 Å². The molecule has 64 valence electrons. The van der Waals surface area contributed by atoms with Gasteiger partial charge in [0.05, 0.1) is 11.4 Å². The van der Waals surface area contributed by atoms with Crippen LogP contribution in [0.15, 0.2) is 12.4 Å². The lowest BCUT2D eigenvalue weighted by atomic mass is 9.92. The van der Waals surface area contributed by atoms with E-state index < -0.39 is 0 Å². The van der Waals surface area contributed by atoms with E-state index in [1.807, 2.05) is 0 Å². The summed E-state index contributed by atoms with van der Waals surface area (Å²) >= 11 is 0. The van der Waals surface area contributed by atoms with E-state index in [4.69, 9.17) is 11.5 Å². The van der Waals surface area contributed by atoms with Gasteiger partial charge in [0.2, 0.25) is 0 Å². The zero-order valence-corrected chi connectivity index (χ0v) is 6.77. The second-order valence-corrected chi connectivity index (χ2v) is 3.12. The quantitative estimate of drug-likeness (QED) is 0.577. The number of nitrogens with zero attached hydrogens (tertiary/aromatic N) is 2. The Hall–Kier alpha value is -1.00. The standard InChI is InChI=1S/C8H12N4/c9-5-1-2-6(10)8-7(5)11-3-4-12-8/h3-6H,1-2,9-10H2/t5-,6+. The maximum absolute atomic E-state index is 5.85. The predicted molar refractivity (Wildman–Crippen MR) is 45.1 cm³/mol. The molecule has 1 aliphatic rings. The highest BCUT2D eigenvalue weighted by molar-refractivity contribution is 5.21. The van der Waals surface area contributed by atoms with Crippen LogP contribution in [0.1, 0.15) is 36.3 Å². The Morgan fingerprint density at radius 3 is 1.83 bits per heavy atom. The Morgan fingerprint density at radius 2 is 1.42 bits per heavy atom. The maximum Gasteiger partial charge on any atom is 0.0802 e. The molecule has 0 amide bonds. The SMILES string of the molecule is N[C@@H]1CC[C@H](N)c2nccnc21. The lowest BCUT2D eigenvalue weighted by molar-refractivity contribution is 0.476. The first-order valence-electron chi connectivity index (χ1n) is 4.11. The Bertz CT molecular complexity index is 257. The first kappa shape index (κ1) is 7.64. The average molecular weight is 164 g/mol. The van der Waals surface area contributed by atoms with Crippen LogP contribution < -0.4 is 11.5 Å². The van der Waals surface area contributed by atoms with Gasteiger partial charge in [0.1, 0.15) is 0 Å². The van der Waals surface area contributed by atoms with Gasteiger partial charge in [-0.2, -0.15) is 0 Å². The summed E-state index contributed by atoms with van der Waals surface area (Å²) < 4.78 is 0. The number of fused-ring (bicyclic) bond motifs is 1. The molecule has 12 heavy (non-hydrogen) atoms. The molecule has 1 aromatic heterocycles. The maximum atomic E-state index is 5.85. The Balaban J connectivity index is 2.47. The lowest BCUT2D eigenvalue weighted by Crippen LogP contribution is -2.26. The monoisotopic (exact) mass is 164 g/mol. The van der Waals surface area contributed by atoms with Crippen molar-refractivity contribution < 1.29 is 0 Å². The van der Waals surface area contributed by atoms with Gasteiger partial charge in [-0.25, -0.2) is 0 Å². The Morgan fingerprint density at radius 1 is 1.00 bits per heavy atom. The summed E-state index contributed by atoms with van der Waals surface area (Å²) in [4.78, 5) is 8.37. The molecule has 0 unspecified atom stereocenters. The largest absolute Gasteiger partial charge is 0.323 e. The third-order valence-electron chi connectivity index (χ3n) is 2.25. The average Bonchev–Trinajstić information content (AvgIpc) is 2.12. The molecule has 4 nitrogen and oxygen atoms in total. The van der Waals surface area contributed by atoms with E-state index in [9.17, 15) is 0 Å². The highest BCUT2D eigenvalue weighted by atomic mass is 14.9. The van der Waals surface area contributed by atoms with E-state index in [1.165, 1.54) is 0 Å². The predicted octanol–water partition coefficient (Wildman–Crippen LogP) is 0.270. The van der Waals surface area contributed by atoms with Crippen LogP contribution in [0, 0.1) is 0 Å². The fraction of sp³-hybridized carbons (Fsp3) is 0.500. The number of hydrogen-bond donors (Lipinski definition) is 2.